The van der Waals surface area contributed by atoms with E-state index in [0.29, 0.717) is 0 Å². The van der Waals surface area contributed by atoms with Crippen LogP contribution in [0.1, 0.15) is 26.3 Å². The summed E-state index contributed by atoms with van der Waals surface area (Å²) in [7, 11) is 0. The number of pyridine rings is 1. The molecular formula is C13H15NO. The van der Waals surface area contributed by atoms with Crippen molar-refractivity contribution in [1.29, 1.82) is 0 Å². The molecule has 2 nitrogen and oxygen atoms in total. The van der Waals surface area contributed by atoms with Crippen LogP contribution in [0.5, 0.6) is 0 Å². The molecule has 0 amide bonds. The lowest BCUT2D eigenvalue weighted by Gasteiger charge is -2.14. The quantitative estimate of drug-likeness (QED) is 0.704. The summed E-state index contributed by atoms with van der Waals surface area (Å²) in [5, 5.41) is 0. The Kier molecular flexibility index (Phi) is 2.35. The highest BCUT2D eigenvalue weighted by atomic mass is 16.3. The van der Waals surface area contributed by atoms with Gasteiger partial charge in [0.1, 0.15) is 5.76 Å². The summed E-state index contributed by atoms with van der Waals surface area (Å²) < 4.78 is 5.54. The third-order valence-corrected chi connectivity index (χ3v) is 2.41. The van der Waals surface area contributed by atoms with Crippen molar-refractivity contribution in [2.45, 2.75) is 26.2 Å². The van der Waals surface area contributed by atoms with E-state index in [-0.39, 0.29) is 5.41 Å². The van der Waals surface area contributed by atoms with Crippen molar-refractivity contribution in [1.82, 2.24) is 4.98 Å². The lowest BCUT2D eigenvalue weighted by molar-refractivity contribution is 0.544. The van der Waals surface area contributed by atoms with E-state index in [1.54, 1.807) is 6.20 Å². The van der Waals surface area contributed by atoms with Crippen LogP contribution >= 0.6 is 0 Å². The van der Waals surface area contributed by atoms with Crippen LogP contribution in [0.15, 0.2) is 41.3 Å². The first-order valence-corrected chi connectivity index (χ1v) is 5.07. The monoisotopic (exact) mass is 201 g/mol. The molecule has 2 aromatic heterocycles. The third kappa shape index (κ3) is 2.09. The van der Waals surface area contributed by atoms with E-state index < -0.39 is 0 Å². The molecule has 0 spiro atoms. The number of furan rings is 1. The van der Waals surface area contributed by atoms with E-state index in [9.17, 15) is 0 Å². The molecule has 0 radical (unpaired) electrons. The highest BCUT2D eigenvalue weighted by Gasteiger charge is 2.17. The van der Waals surface area contributed by atoms with Gasteiger partial charge in [-0.2, -0.15) is 0 Å². The lowest BCUT2D eigenvalue weighted by Crippen LogP contribution is -2.08. The number of hydrogen-bond donors (Lipinski definition) is 0. The van der Waals surface area contributed by atoms with Gasteiger partial charge >= 0.3 is 0 Å². The van der Waals surface area contributed by atoms with Gasteiger partial charge in [-0.3, -0.25) is 4.98 Å². The van der Waals surface area contributed by atoms with E-state index >= 15 is 0 Å². The zero-order valence-corrected chi connectivity index (χ0v) is 9.32. The minimum Gasteiger partial charge on any atom is -0.464 e. The number of rotatable bonds is 1. The fraction of sp³-hybridized carbons (Fsp3) is 0.308. The highest BCUT2D eigenvalue weighted by Crippen LogP contribution is 2.28. The van der Waals surface area contributed by atoms with Crippen LogP contribution < -0.4 is 0 Å². The summed E-state index contributed by atoms with van der Waals surface area (Å²) in [6.45, 7) is 6.51. The molecule has 78 valence electrons. The van der Waals surface area contributed by atoms with E-state index in [0.717, 1.165) is 11.3 Å². The molecule has 2 heterocycles. The summed E-state index contributed by atoms with van der Waals surface area (Å²) in [5.41, 5.74) is 2.36. The van der Waals surface area contributed by atoms with E-state index in [1.165, 1.54) is 5.56 Å². The molecule has 15 heavy (non-hydrogen) atoms. The van der Waals surface area contributed by atoms with Crippen molar-refractivity contribution >= 4 is 0 Å². The Morgan fingerprint density at radius 3 is 2.60 bits per heavy atom. The third-order valence-electron chi connectivity index (χ3n) is 2.41. The molecule has 2 heteroatoms. The number of aromatic nitrogens is 1. The molecule has 2 aromatic rings. The molecule has 0 saturated heterocycles. The predicted octanol–water partition coefficient (Wildman–Crippen LogP) is 3.64. The maximum absolute atomic E-state index is 5.54. The molecule has 2 rings (SSSR count). The molecule has 0 aromatic carbocycles. The Labute approximate surface area is 90.0 Å². The molecule has 0 bridgehead atoms. The van der Waals surface area contributed by atoms with Crippen LogP contribution in [0.3, 0.4) is 0 Å². The van der Waals surface area contributed by atoms with Gasteiger partial charge in [0, 0.05) is 18.0 Å². The topological polar surface area (TPSA) is 26.0 Å². The van der Waals surface area contributed by atoms with Crippen LogP contribution in [0.25, 0.3) is 11.3 Å². The smallest absolute Gasteiger partial charge is 0.135 e. The molecule has 0 aliphatic heterocycles. The standard InChI is InChI=1S/C13H15NO/c1-13(2,3)11-7-12(15-9-11)10-5-4-6-14-8-10/h4-9H,1-3H3. The van der Waals surface area contributed by atoms with Crippen LogP contribution in [-0.2, 0) is 5.41 Å². The second-order valence-corrected chi connectivity index (χ2v) is 4.69. The van der Waals surface area contributed by atoms with Gasteiger partial charge in [0.2, 0.25) is 0 Å². The van der Waals surface area contributed by atoms with Gasteiger partial charge in [-0.15, -0.1) is 0 Å². The van der Waals surface area contributed by atoms with Gasteiger partial charge in [0.25, 0.3) is 0 Å². The molecule has 0 atom stereocenters. The SMILES string of the molecule is CC(C)(C)c1coc(-c2cccnc2)c1. The summed E-state index contributed by atoms with van der Waals surface area (Å²) >= 11 is 0. The lowest BCUT2D eigenvalue weighted by atomic mass is 9.89. The summed E-state index contributed by atoms with van der Waals surface area (Å²) in [6.07, 6.45) is 5.39. The van der Waals surface area contributed by atoms with Gasteiger partial charge in [0.05, 0.1) is 6.26 Å². The van der Waals surface area contributed by atoms with Gasteiger partial charge in [0.15, 0.2) is 0 Å². The molecular weight excluding hydrogens is 186 g/mol. The maximum atomic E-state index is 5.54. The molecule has 0 aliphatic carbocycles. The Balaban J connectivity index is 2.37. The number of hydrogen-bond acceptors (Lipinski definition) is 2. The normalized spacial score (nSPS) is 11.7. The minimum absolute atomic E-state index is 0.129. The maximum Gasteiger partial charge on any atom is 0.135 e. The summed E-state index contributed by atoms with van der Waals surface area (Å²) in [5.74, 6) is 0.882. The number of nitrogens with zero attached hydrogens (tertiary/aromatic N) is 1. The Morgan fingerprint density at radius 1 is 1.27 bits per heavy atom. The molecule has 0 saturated carbocycles. The Morgan fingerprint density at radius 2 is 2.07 bits per heavy atom. The van der Waals surface area contributed by atoms with Crippen molar-refractivity contribution in [3.8, 4) is 11.3 Å². The zero-order chi connectivity index (χ0) is 10.9. The van der Waals surface area contributed by atoms with Crippen molar-refractivity contribution < 1.29 is 4.42 Å². The molecule has 0 unspecified atom stereocenters. The van der Waals surface area contributed by atoms with Gasteiger partial charge in [-0.05, 0) is 29.2 Å². The first kappa shape index (κ1) is 9.97. The van der Waals surface area contributed by atoms with Gasteiger partial charge < -0.3 is 4.42 Å². The Hall–Kier alpha value is -1.57. The first-order chi connectivity index (χ1) is 7.07. The van der Waals surface area contributed by atoms with Crippen LogP contribution in [0.4, 0.5) is 0 Å². The van der Waals surface area contributed by atoms with Crippen molar-refractivity contribution in [3.63, 3.8) is 0 Å². The Bertz CT molecular complexity index is 437. The zero-order valence-electron chi connectivity index (χ0n) is 9.32. The fourth-order valence-corrected chi connectivity index (χ4v) is 1.39. The van der Waals surface area contributed by atoms with Crippen molar-refractivity contribution in [2.24, 2.45) is 0 Å². The summed E-state index contributed by atoms with van der Waals surface area (Å²) in [4.78, 5) is 4.07. The van der Waals surface area contributed by atoms with Crippen LogP contribution in [-0.4, -0.2) is 4.98 Å². The fourth-order valence-electron chi connectivity index (χ4n) is 1.39. The van der Waals surface area contributed by atoms with Crippen LogP contribution in [0.2, 0.25) is 0 Å². The van der Waals surface area contributed by atoms with E-state index in [2.05, 4.69) is 31.8 Å². The molecule has 0 N–H and O–H groups in total. The average molecular weight is 201 g/mol. The second-order valence-electron chi connectivity index (χ2n) is 4.69. The van der Waals surface area contributed by atoms with E-state index in [4.69, 9.17) is 4.42 Å². The van der Waals surface area contributed by atoms with Crippen molar-refractivity contribution in [2.75, 3.05) is 0 Å². The predicted molar refractivity (Wildman–Crippen MR) is 60.6 cm³/mol. The molecule has 0 aliphatic rings. The highest BCUT2D eigenvalue weighted by molar-refractivity contribution is 5.57. The molecule has 0 fully saturated rings. The first-order valence-electron chi connectivity index (χ1n) is 5.07. The van der Waals surface area contributed by atoms with Gasteiger partial charge in [-0.25, -0.2) is 0 Å². The second kappa shape index (κ2) is 3.54. The van der Waals surface area contributed by atoms with Gasteiger partial charge in [-0.1, -0.05) is 20.8 Å². The minimum atomic E-state index is 0.129. The summed E-state index contributed by atoms with van der Waals surface area (Å²) in [6, 6.07) is 5.99. The van der Waals surface area contributed by atoms with Crippen molar-refractivity contribution in [3.05, 3.63) is 42.4 Å². The van der Waals surface area contributed by atoms with Crippen LogP contribution in [0, 0.1) is 0 Å². The largest absolute Gasteiger partial charge is 0.464 e. The average Bonchev–Trinajstić information content (AvgIpc) is 2.67. The van der Waals surface area contributed by atoms with E-state index in [1.807, 2.05) is 24.6 Å².